The molecule has 0 saturated heterocycles. The van der Waals surface area contributed by atoms with Crippen LogP contribution in [-0.2, 0) is 11.2 Å². The maximum Gasteiger partial charge on any atom is 0.257 e. The monoisotopic (exact) mass is 524 g/mol. The van der Waals surface area contributed by atoms with Crippen molar-refractivity contribution in [2.24, 2.45) is 23.2 Å². The molecule has 6 atom stereocenters. The second-order valence-electron chi connectivity index (χ2n) is 10.8. The number of thiazole rings is 1. The van der Waals surface area contributed by atoms with Gasteiger partial charge in [-0.25, -0.2) is 4.98 Å². The summed E-state index contributed by atoms with van der Waals surface area (Å²) >= 11 is 1.51. The first-order valence-electron chi connectivity index (χ1n) is 12.8. The maximum atomic E-state index is 13.0. The fourth-order valence-corrected chi connectivity index (χ4v) is 7.63. The van der Waals surface area contributed by atoms with Crippen LogP contribution in [0, 0.1) is 34.5 Å². The van der Waals surface area contributed by atoms with Crippen molar-refractivity contribution in [2.75, 3.05) is 26.0 Å². The number of amides is 2. The summed E-state index contributed by atoms with van der Waals surface area (Å²) in [6.45, 7) is 6.63. The summed E-state index contributed by atoms with van der Waals surface area (Å²) in [6.07, 6.45) is 2.14. The summed E-state index contributed by atoms with van der Waals surface area (Å²) in [5.41, 5.74) is 1.35. The minimum atomic E-state index is -0.635. The van der Waals surface area contributed by atoms with E-state index in [1.165, 1.54) is 11.3 Å². The third-order valence-corrected chi connectivity index (χ3v) is 9.45. The summed E-state index contributed by atoms with van der Waals surface area (Å²) in [5, 5.41) is 24.0. The standard InChI is InChI=1S/C28H36N4O4S/c1-16(26(35)32(4)14-6-13-29)20-11-12-28(3)15-21-23(17(2)22(28)24(20)33)30-27(37-21)31-25(34)18-7-9-19(36-5)10-8-18/h7-10,16-17,20,22,24,33H,6,11-12,14-15H2,1-5H3,(H,30,31,34). The van der Waals surface area contributed by atoms with Crippen LogP contribution >= 0.6 is 11.3 Å². The number of nitriles is 1. The molecule has 0 bridgehead atoms. The lowest BCUT2D eigenvalue weighted by Gasteiger charge is -2.53. The topological polar surface area (TPSA) is 116 Å². The Balaban J connectivity index is 1.51. The Kier molecular flexibility index (Phi) is 7.91. The Bertz CT molecular complexity index is 1190. The fraction of sp³-hybridized carbons (Fsp3) is 0.571. The van der Waals surface area contributed by atoms with Gasteiger partial charge in [-0.05, 0) is 60.8 Å². The van der Waals surface area contributed by atoms with E-state index < -0.39 is 6.10 Å². The van der Waals surface area contributed by atoms with Gasteiger partial charge in [0.2, 0.25) is 5.91 Å². The van der Waals surface area contributed by atoms with Gasteiger partial charge in [-0.3, -0.25) is 14.9 Å². The van der Waals surface area contributed by atoms with Crippen LogP contribution in [0.5, 0.6) is 5.75 Å². The van der Waals surface area contributed by atoms with Crippen molar-refractivity contribution in [3.8, 4) is 11.8 Å². The van der Waals surface area contributed by atoms with Gasteiger partial charge in [-0.15, -0.1) is 11.3 Å². The Morgan fingerprint density at radius 3 is 2.73 bits per heavy atom. The van der Waals surface area contributed by atoms with Gasteiger partial charge < -0.3 is 14.7 Å². The van der Waals surface area contributed by atoms with Gasteiger partial charge in [0.1, 0.15) is 5.75 Å². The average molecular weight is 525 g/mol. The van der Waals surface area contributed by atoms with Crippen LogP contribution in [0.4, 0.5) is 5.13 Å². The molecule has 8 nitrogen and oxygen atoms in total. The Morgan fingerprint density at radius 2 is 2.08 bits per heavy atom. The molecule has 0 radical (unpaired) electrons. The van der Waals surface area contributed by atoms with Crippen molar-refractivity contribution >= 4 is 28.3 Å². The van der Waals surface area contributed by atoms with E-state index in [1.54, 1.807) is 43.3 Å². The van der Waals surface area contributed by atoms with Gasteiger partial charge in [0, 0.05) is 35.9 Å². The molecule has 2 amide bonds. The third kappa shape index (κ3) is 5.23. The molecule has 0 spiro atoms. The number of anilines is 1. The molecular weight excluding hydrogens is 488 g/mol. The number of aliphatic hydroxyl groups is 1. The number of fused-ring (bicyclic) bond motifs is 2. The molecule has 2 aromatic rings. The number of carbonyl (C=O) groups excluding carboxylic acids is 2. The van der Waals surface area contributed by atoms with Crippen molar-refractivity contribution in [3.05, 3.63) is 40.4 Å². The highest BCUT2D eigenvalue weighted by Gasteiger charge is 2.54. The number of aromatic nitrogens is 1. The van der Waals surface area contributed by atoms with Crippen LogP contribution < -0.4 is 10.1 Å². The van der Waals surface area contributed by atoms with Gasteiger partial charge in [0.15, 0.2) is 5.13 Å². The van der Waals surface area contributed by atoms with Crippen LogP contribution in [-0.4, -0.2) is 53.6 Å². The highest BCUT2D eigenvalue weighted by molar-refractivity contribution is 7.15. The summed E-state index contributed by atoms with van der Waals surface area (Å²) in [6, 6.07) is 9.02. The Morgan fingerprint density at radius 1 is 1.38 bits per heavy atom. The summed E-state index contributed by atoms with van der Waals surface area (Å²) in [7, 11) is 3.31. The van der Waals surface area contributed by atoms with E-state index in [0.717, 1.165) is 29.8 Å². The maximum absolute atomic E-state index is 13.0. The second kappa shape index (κ2) is 10.8. The fourth-order valence-electron chi connectivity index (χ4n) is 6.37. The Labute approximate surface area is 222 Å². The van der Waals surface area contributed by atoms with Gasteiger partial charge >= 0.3 is 0 Å². The van der Waals surface area contributed by atoms with E-state index in [2.05, 4.69) is 25.2 Å². The zero-order valence-corrected chi connectivity index (χ0v) is 23.0. The molecule has 1 aromatic carbocycles. The van der Waals surface area contributed by atoms with E-state index in [-0.39, 0.29) is 40.9 Å². The lowest BCUT2D eigenvalue weighted by molar-refractivity contribution is -0.143. The summed E-state index contributed by atoms with van der Waals surface area (Å²) < 4.78 is 5.17. The number of hydrogen-bond donors (Lipinski definition) is 2. The lowest BCUT2D eigenvalue weighted by atomic mass is 9.53. The lowest BCUT2D eigenvalue weighted by Crippen LogP contribution is -2.53. The van der Waals surface area contributed by atoms with Gasteiger partial charge in [0.25, 0.3) is 5.91 Å². The predicted molar refractivity (Wildman–Crippen MR) is 143 cm³/mol. The average Bonchev–Trinajstić information content (AvgIpc) is 3.28. The molecule has 198 valence electrons. The van der Waals surface area contributed by atoms with Crippen LogP contribution in [0.25, 0.3) is 0 Å². The zero-order chi connectivity index (χ0) is 26.9. The highest BCUT2D eigenvalue weighted by Crippen LogP contribution is 2.57. The SMILES string of the molecule is COc1ccc(C(=O)Nc2nc3c(s2)CC2(C)CCC(C(C)C(=O)N(C)CCC#N)C(O)C2C3C)cc1. The van der Waals surface area contributed by atoms with Crippen LogP contribution in [0.3, 0.4) is 0 Å². The number of nitrogens with one attached hydrogen (secondary N) is 1. The number of benzene rings is 1. The molecule has 1 saturated carbocycles. The first kappa shape index (κ1) is 27.1. The predicted octanol–water partition coefficient (Wildman–Crippen LogP) is 4.47. The third-order valence-electron chi connectivity index (χ3n) is 8.46. The minimum Gasteiger partial charge on any atom is -0.497 e. The smallest absolute Gasteiger partial charge is 0.257 e. The summed E-state index contributed by atoms with van der Waals surface area (Å²) in [4.78, 5) is 33.4. The van der Waals surface area contributed by atoms with Crippen LogP contribution in [0.15, 0.2) is 24.3 Å². The van der Waals surface area contributed by atoms with Crippen molar-refractivity contribution < 1.29 is 19.4 Å². The second-order valence-corrected chi connectivity index (χ2v) is 11.9. The summed E-state index contributed by atoms with van der Waals surface area (Å²) in [5.74, 6) is -0.0767. The minimum absolute atomic E-state index is 0.00643. The molecule has 37 heavy (non-hydrogen) atoms. The van der Waals surface area contributed by atoms with Gasteiger partial charge in [-0.2, -0.15) is 5.26 Å². The van der Waals surface area contributed by atoms with Crippen molar-refractivity contribution in [1.82, 2.24) is 9.88 Å². The number of aliphatic hydroxyl groups excluding tert-OH is 1. The van der Waals surface area contributed by atoms with Crippen molar-refractivity contribution in [2.45, 2.75) is 58.5 Å². The number of methoxy groups -OCH3 is 1. The molecule has 1 aromatic heterocycles. The number of ether oxygens (including phenoxy) is 1. The molecule has 6 unspecified atom stereocenters. The molecule has 4 rings (SSSR count). The van der Waals surface area contributed by atoms with Crippen molar-refractivity contribution in [1.29, 1.82) is 5.26 Å². The number of hydrogen-bond acceptors (Lipinski definition) is 7. The largest absolute Gasteiger partial charge is 0.497 e. The van der Waals surface area contributed by atoms with E-state index in [4.69, 9.17) is 15.0 Å². The number of rotatable bonds is 7. The molecule has 0 aliphatic heterocycles. The molecule has 2 aliphatic carbocycles. The van der Waals surface area contributed by atoms with Crippen molar-refractivity contribution in [3.63, 3.8) is 0 Å². The molecule has 1 heterocycles. The zero-order valence-electron chi connectivity index (χ0n) is 22.2. The van der Waals surface area contributed by atoms with E-state index in [9.17, 15) is 14.7 Å². The molecule has 9 heteroatoms. The van der Waals surface area contributed by atoms with Gasteiger partial charge in [0.05, 0.1) is 31.4 Å². The first-order valence-corrected chi connectivity index (χ1v) is 13.7. The number of carbonyl (C=O) groups is 2. The number of nitrogens with zero attached hydrogens (tertiary/aromatic N) is 3. The Hall–Kier alpha value is -2.96. The quantitative estimate of drug-likeness (QED) is 0.552. The molecular formula is C28H36N4O4S. The molecule has 2 N–H and O–H groups in total. The van der Waals surface area contributed by atoms with E-state index in [0.29, 0.717) is 29.4 Å². The first-order chi connectivity index (χ1) is 17.6. The highest BCUT2D eigenvalue weighted by atomic mass is 32.1. The van der Waals surface area contributed by atoms with Crippen LogP contribution in [0.1, 0.15) is 66.9 Å². The normalized spacial score (nSPS) is 27.3. The van der Waals surface area contributed by atoms with E-state index >= 15 is 0 Å². The van der Waals surface area contributed by atoms with Gasteiger partial charge in [-0.1, -0.05) is 20.8 Å². The molecule has 2 aliphatic rings. The van der Waals surface area contributed by atoms with Crippen LogP contribution in [0.2, 0.25) is 0 Å². The van der Waals surface area contributed by atoms with E-state index in [1.807, 2.05) is 6.92 Å². The molecule has 1 fully saturated rings.